The highest BCUT2D eigenvalue weighted by Gasteiger charge is 2.09. The molecule has 1 heterocycles. The molecule has 144 valence electrons. The normalized spacial score (nSPS) is 10.5. The zero-order valence-electron chi connectivity index (χ0n) is 14.9. The lowest BCUT2D eigenvalue weighted by Crippen LogP contribution is -2.15. The van der Waals surface area contributed by atoms with Crippen molar-refractivity contribution in [3.05, 3.63) is 75.2 Å². The smallest absolute Gasteiger partial charge is 0.230 e. The number of nitrogens with one attached hydrogen (secondary N) is 1. The maximum Gasteiger partial charge on any atom is 0.230 e. The molecule has 0 radical (unpaired) electrons. The molecule has 0 aliphatic carbocycles. The summed E-state index contributed by atoms with van der Waals surface area (Å²) in [6.45, 7) is 0.329. The number of nitrogens with two attached hydrogens (primary N) is 1. The molecule has 3 aromatic rings. The summed E-state index contributed by atoms with van der Waals surface area (Å²) in [5.41, 5.74) is 7.30. The fourth-order valence-corrected chi connectivity index (χ4v) is 3.28. The summed E-state index contributed by atoms with van der Waals surface area (Å²) in [4.78, 5) is 27.5. The number of primary amides is 1. The lowest BCUT2D eigenvalue weighted by atomic mass is 10.1. The Morgan fingerprint density at radius 3 is 2.46 bits per heavy atom. The molecule has 1 aromatic heterocycles. The number of anilines is 1. The minimum atomic E-state index is -0.392. The van der Waals surface area contributed by atoms with Crippen LogP contribution in [0.3, 0.4) is 0 Å². The van der Waals surface area contributed by atoms with Gasteiger partial charge in [-0.2, -0.15) is 0 Å². The Bertz CT molecular complexity index is 956. The van der Waals surface area contributed by atoms with Gasteiger partial charge in [-0.05, 0) is 42.0 Å². The Morgan fingerprint density at radius 2 is 1.79 bits per heavy atom. The van der Waals surface area contributed by atoms with E-state index >= 15 is 0 Å². The van der Waals surface area contributed by atoms with Gasteiger partial charge in [-0.15, -0.1) is 11.3 Å². The highest BCUT2D eigenvalue weighted by atomic mass is 35.5. The van der Waals surface area contributed by atoms with Crippen LogP contribution in [0.4, 0.5) is 5.69 Å². The van der Waals surface area contributed by atoms with Gasteiger partial charge in [0.15, 0.2) is 0 Å². The molecule has 0 saturated carbocycles. The van der Waals surface area contributed by atoms with E-state index < -0.39 is 5.91 Å². The highest BCUT2D eigenvalue weighted by molar-refractivity contribution is 7.09. The van der Waals surface area contributed by atoms with Crippen LogP contribution in [-0.2, 0) is 29.0 Å². The predicted octanol–water partition coefficient (Wildman–Crippen LogP) is 3.58. The summed E-state index contributed by atoms with van der Waals surface area (Å²) in [5.74, 6) is 0.146. The minimum absolute atomic E-state index is 0.167. The quantitative estimate of drug-likeness (QED) is 0.587. The molecule has 0 spiro atoms. The second-order valence-corrected chi connectivity index (χ2v) is 7.42. The van der Waals surface area contributed by atoms with Crippen molar-refractivity contribution in [2.24, 2.45) is 5.73 Å². The zero-order valence-corrected chi connectivity index (χ0v) is 16.4. The molecule has 2 amide bonds. The van der Waals surface area contributed by atoms with Gasteiger partial charge >= 0.3 is 0 Å². The van der Waals surface area contributed by atoms with Gasteiger partial charge in [0.05, 0.1) is 18.5 Å². The lowest BCUT2D eigenvalue weighted by molar-refractivity contribution is -0.117. The summed E-state index contributed by atoms with van der Waals surface area (Å²) >= 11 is 7.29. The molecular formula is C20H18ClN3O3S. The average Bonchev–Trinajstić information content (AvgIpc) is 3.09. The zero-order chi connectivity index (χ0) is 19.9. The van der Waals surface area contributed by atoms with Crippen molar-refractivity contribution in [2.75, 3.05) is 5.32 Å². The van der Waals surface area contributed by atoms with Crippen LogP contribution in [0.15, 0.2) is 53.9 Å². The van der Waals surface area contributed by atoms with Gasteiger partial charge in [0, 0.05) is 16.1 Å². The summed E-state index contributed by atoms with van der Waals surface area (Å²) in [6.07, 6.45) is 0.342. The molecule has 0 saturated heterocycles. The minimum Gasteiger partial charge on any atom is -0.486 e. The van der Waals surface area contributed by atoms with Gasteiger partial charge in [-0.3, -0.25) is 9.59 Å². The second kappa shape index (κ2) is 9.34. The van der Waals surface area contributed by atoms with Crippen molar-refractivity contribution in [3.63, 3.8) is 0 Å². The van der Waals surface area contributed by atoms with Crippen LogP contribution in [-0.4, -0.2) is 16.8 Å². The molecule has 8 heteroatoms. The maximum atomic E-state index is 12.2. The van der Waals surface area contributed by atoms with E-state index in [2.05, 4.69) is 10.3 Å². The first-order valence-electron chi connectivity index (χ1n) is 8.46. The predicted molar refractivity (Wildman–Crippen MR) is 110 cm³/mol. The standard InChI is InChI=1S/C20H18ClN3O3S/c21-14-3-7-17(8-4-14)27-11-20-24-16(12-28-20)10-19(26)23-15-5-1-13(2-6-15)9-18(22)25/h1-8,12H,9-11H2,(H2,22,25)(H,23,26). The Hall–Kier alpha value is -2.90. The fraction of sp³-hybridized carbons (Fsp3) is 0.150. The van der Waals surface area contributed by atoms with Gasteiger partial charge in [0.25, 0.3) is 0 Å². The first-order chi connectivity index (χ1) is 13.5. The largest absolute Gasteiger partial charge is 0.486 e. The van der Waals surface area contributed by atoms with Crippen LogP contribution >= 0.6 is 22.9 Å². The van der Waals surface area contributed by atoms with Gasteiger partial charge in [-0.1, -0.05) is 23.7 Å². The number of amides is 2. The van der Waals surface area contributed by atoms with E-state index in [0.717, 1.165) is 10.6 Å². The van der Waals surface area contributed by atoms with Crippen LogP contribution in [0.5, 0.6) is 5.75 Å². The molecule has 28 heavy (non-hydrogen) atoms. The lowest BCUT2D eigenvalue weighted by Gasteiger charge is -2.05. The van der Waals surface area contributed by atoms with E-state index in [-0.39, 0.29) is 18.7 Å². The van der Waals surface area contributed by atoms with Crippen LogP contribution in [0, 0.1) is 0 Å². The number of carbonyl (C=O) groups excluding carboxylic acids is 2. The first-order valence-corrected chi connectivity index (χ1v) is 9.72. The third-order valence-electron chi connectivity index (χ3n) is 3.73. The van der Waals surface area contributed by atoms with Gasteiger partial charge in [0.2, 0.25) is 11.8 Å². The van der Waals surface area contributed by atoms with E-state index in [9.17, 15) is 9.59 Å². The number of hydrogen-bond acceptors (Lipinski definition) is 5. The Kier molecular flexibility index (Phi) is 6.62. The van der Waals surface area contributed by atoms with E-state index in [1.54, 1.807) is 48.5 Å². The van der Waals surface area contributed by atoms with Crippen molar-refractivity contribution in [1.82, 2.24) is 4.98 Å². The van der Waals surface area contributed by atoms with Crippen LogP contribution in [0.2, 0.25) is 5.02 Å². The van der Waals surface area contributed by atoms with Crippen LogP contribution in [0.1, 0.15) is 16.3 Å². The molecule has 3 N–H and O–H groups in total. The molecule has 0 atom stereocenters. The molecule has 0 aliphatic heterocycles. The first kappa shape index (κ1) is 19.9. The van der Waals surface area contributed by atoms with Crippen LogP contribution < -0.4 is 15.8 Å². The summed E-state index contributed by atoms with van der Waals surface area (Å²) < 4.78 is 5.66. The Labute approximate surface area is 171 Å². The van der Waals surface area contributed by atoms with Gasteiger partial charge in [0.1, 0.15) is 17.4 Å². The second-order valence-electron chi connectivity index (χ2n) is 6.04. The fourth-order valence-electron chi connectivity index (χ4n) is 2.45. The summed E-state index contributed by atoms with van der Waals surface area (Å²) in [7, 11) is 0. The molecule has 6 nitrogen and oxygen atoms in total. The number of thiazole rings is 1. The summed E-state index contributed by atoms with van der Waals surface area (Å²) in [6, 6.07) is 14.1. The van der Waals surface area contributed by atoms with E-state index in [0.29, 0.717) is 28.8 Å². The van der Waals surface area contributed by atoms with E-state index in [1.807, 2.05) is 5.38 Å². The SMILES string of the molecule is NC(=O)Cc1ccc(NC(=O)Cc2csc(COc3ccc(Cl)cc3)n2)cc1. The molecular weight excluding hydrogens is 398 g/mol. The van der Waals surface area contributed by atoms with Crippen molar-refractivity contribution in [1.29, 1.82) is 0 Å². The topological polar surface area (TPSA) is 94.3 Å². The van der Waals surface area contributed by atoms with E-state index in [4.69, 9.17) is 22.1 Å². The molecule has 3 rings (SSSR count). The maximum absolute atomic E-state index is 12.2. The molecule has 0 unspecified atom stereocenters. The van der Waals surface area contributed by atoms with Gasteiger partial charge < -0.3 is 15.8 Å². The average molecular weight is 416 g/mol. The van der Waals surface area contributed by atoms with Crippen molar-refractivity contribution in [3.8, 4) is 5.75 Å². The number of benzene rings is 2. The van der Waals surface area contributed by atoms with Crippen molar-refractivity contribution in [2.45, 2.75) is 19.4 Å². The summed E-state index contributed by atoms with van der Waals surface area (Å²) in [5, 5.41) is 6.09. The third-order valence-corrected chi connectivity index (χ3v) is 4.86. The highest BCUT2D eigenvalue weighted by Crippen LogP contribution is 2.18. The number of carbonyl (C=O) groups is 2. The third kappa shape index (κ3) is 6.07. The number of halogens is 1. The van der Waals surface area contributed by atoms with Crippen LogP contribution in [0.25, 0.3) is 0 Å². The Morgan fingerprint density at radius 1 is 1.07 bits per heavy atom. The number of aromatic nitrogens is 1. The number of rotatable bonds is 8. The molecule has 0 fully saturated rings. The number of nitrogens with zero attached hydrogens (tertiary/aromatic N) is 1. The van der Waals surface area contributed by atoms with Crippen molar-refractivity contribution < 1.29 is 14.3 Å². The molecule has 0 bridgehead atoms. The number of hydrogen-bond donors (Lipinski definition) is 2. The van der Waals surface area contributed by atoms with Gasteiger partial charge in [-0.25, -0.2) is 4.98 Å². The van der Waals surface area contributed by atoms with E-state index in [1.165, 1.54) is 11.3 Å². The van der Waals surface area contributed by atoms with Crippen molar-refractivity contribution >= 4 is 40.4 Å². The Balaban J connectivity index is 1.49. The number of ether oxygens (including phenoxy) is 1. The molecule has 0 aliphatic rings. The monoisotopic (exact) mass is 415 g/mol. The molecule has 2 aromatic carbocycles.